The van der Waals surface area contributed by atoms with E-state index in [1.807, 2.05) is 13.8 Å². The molecule has 0 aromatic carbocycles. The van der Waals surface area contributed by atoms with Gasteiger partial charge < -0.3 is 5.32 Å². The van der Waals surface area contributed by atoms with Gasteiger partial charge in [-0.2, -0.15) is 0 Å². The van der Waals surface area contributed by atoms with Gasteiger partial charge in [0.1, 0.15) is 0 Å². The van der Waals surface area contributed by atoms with Crippen molar-refractivity contribution < 1.29 is 4.79 Å². The number of likely N-dealkylation sites (tertiary alicyclic amines) is 1. The SMILES string of the molecule is CCCCC1CC(NC(=O)C(C)C)CN(C2CCCC2)C1. The summed E-state index contributed by atoms with van der Waals surface area (Å²) in [4.78, 5) is 14.7. The van der Waals surface area contributed by atoms with E-state index in [1.165, 1.54) is 57.9 Å². The summed E-state index contributed by atoms with van der Waals surface area (Å²) >= 11 is 0. The molecule has 3 heteroatoms. The van der Waals surface area contributed by atoms with Crippen LogP contribution in [0, 0.1) is 11.8 Å². The van der Waals surface area contributed by atoms with Crippen LogP contribution in [0.4, 0.5) is 0 Å². The fourth-order valence-electron chi connectivity index (χ4n) is 3.98. The Balaban J connectivity index is 1.93. The Labute approximate surface area is 130 Å². The molecule has 2 fully saturated rings. The number of carbonyl (C=O) groups excluding carboxylic acids is 1. The lowest BCUT2D eigenvalue weighted by molar-refractivity contribution is -0.125. The van der Waals surface area contributed by atoms with Gasteiger partial charge in [-0.15, -0.1) is 0 Å². The first-order chi connectivity index (χ1) is 10.1. The summed E-state index contributed by atoms with van der Waals surface area (Å²) in [5, 5.41) is 3.30. The van der Waals surface area contributed by atoms with Gasteiger partial charge in [-0.1, -0.05) is 46.5 Å². The molecule has 1 aliphatic carbocycles. The zero-order valence-electron chi connectivity index (χ0n) is 14.2. The molecule has 2 rings (SSSR count). The highest BCUT2D eigenvalue weighted by Gasteiger charge is 2.33. The molecule has 0 radical (unpaired) electrons. The lowest BCUT2D eigenvalue weighted by Gasteiger charge is -2.41. The Morgan fingerprint density at radius 3 is 2.57 bits per heavy atom. The number of nitrogens with zero attached hydrogens (tertiary/aromatic N) is 1. The van der Waals surface area contributed by atoms with Gasteiger partial charge in [0.2, 0.25) is 5.91 Å². The Hall–Kier alpha value is -0.570. The minimum absolute atomic E-state index is 0.0981. The number of rotatable bonds is 6. The molecule has 21 heavy (non-hydrogen) atoms. The number of amides is 1. The molecular formula is C18H34N2O. The standard InChI is InChI=1S/C18H34N2O/c1-4-5-8-15-11-16(19-18(21)14(2)3)13-20(12-15)17-9-6-7-10-17/h14-17H,4-13H2,1-3H3,(H,19,21). The van der Waals surface area contributed by atoms with Gasteiger partial charge in [-0.05, 0) is 31.6 Å². The van der Waals surface area contributed by atoms with Crippen LogP contribution in [-0.4, -0.2) is 36.0 Å². The zero-order valence-corrected chi connectivity index (χ0v) is 14.2. The monoisotopic (exact) mass is 294 g/mol. The van der Waals surface area contributed by atoms with Crippen LogP contribution in [0.5, 0.6) is 0 Å². The van der Waals surface area contributed by atoms with Crippen molar-refractivity contribution in [3.05, 3.63) is 0 Å². The van der Waals surface area contributed by atoms with Gasteiger partial charge in [-0.25, -0.2) is 0 Å². The van der Waals surface area contributed by atoms with Gasteiger partial charge in [0, 0.05) is 31.1 Å². The summed E-state index contributed by atoms with van der Waals surface area (Å²) in [6.45, 7) is 8.59. The Morgan fingerprint density at radius 2 is 1.95 bits per heavy atom. The van der Waals surface area contributed by atoms with Gasteiger partial charge in [0.15, 0.2) is 0 Å². The predicted molar refractivity (Wildman–Crippen MR) is 88.2 cm³/mol. The maximum Gasteiger partial charge on any atom is 0.222 e. The van der Waals surface area contributed by atoms with Gasteiger partial charge in [0.25, 0.3) is 0 Å². The molecule has 1 aliphatic heterocycles. The number of carbonyl (C=O) groups is 1. The average Bonchev–Trinajstić information content (AvgIpc) is 2.99. The molecule has 0 bridgehead atoms. The highest BCUT2D eigenvalue weighted by Crippen LogP contribution is 2.30. The van der Waals surface area contributed by atoms with Gasteiger partial charge in [-0.3, -0.25) is 9.69 Å². The average molecular weight is 294 g/mol. The van der Waals surface area contributed by atoms with E-state index in [0.717, 1.165) is 18.5 Å². The van der Waals surface area contributed by atoms with Crippen LogP contribution in [-0.2, 0) is 4.79 Å². The van der Waals surface area contributed by atoms with Crippen LogP contribution in [0.3, 0.4) is 0 Å². The number of unbranched alkanes of at least 4 members (excludes halogenated alkanes) is 1. The second-order valence-corrected chi connectivity index (χ2v) is 7.50. The van der Waals surface area contributed by atoms with Gasteiger partial charge >= 0.3 is 0 Å². The molecule has 1 amide bonds. The zero-order chi connectivity index (χ0) is 15.2. The molecular weight excluding hydrogens is 260 g/mol. The van der Waals surface area contributed by atoms with Crippen molar-refractivity contribution in [2.24, 2.45) is 11.8 Å². The molecule has 0 spiro atoms. The van der Waals surface area contributed by atoms with E-state index < -0.39 is 0 Å². The number of hydrogen-bond acceptors (Lipinski definition) is 2. The third-order valence-corrected chi connectivity index (χ3v) is 5.24. The van der Waals surface area contributed by atoms with Crippen molar-refractivity contribution in [2.75, 3.05) is 13.1 Å². The lowest BCUT2D eigenvalue weighted by Crippen LogP contribution is -2.53. The van der Waals surface area contributed by atoms with Crippen LogP contribution in [0.15, 0.2) is 0 Å². The quantitative estimate of drug-likeness (QED) is 0.812. The molecule has 1 saturated carbocycles. The number of piperidine rings is 1. The summed E-state index contributed by atoms with van der Waals surface area (Å²) in [5.41, 5.74) is 0. The maximum atomic E-state index is 12.0. The number of hydrogen-bond donors (Lipinski definition) is 1. The third kappa shape index (κ3) is 4.98. The smallest absolute Gasteiger partial charge is 0.222 e. The van der Waals surface area contributed by atoms with Crippen molar-refractivity contribution >= 4 is 5.91 Å². The van der Waals surface area contributed by atoms with E-state index in [1.54, 1.807) is 0 Å². The van der Waals surface area contributed by atoms with Crippen molar-refractivity contribution in [3.63, 3.8) is 0 Å². The second kappa shape index (κ2) is 8.17. The summed E-state index contributed by atoms with van der Waals surface area (Å²) in [5.74, 6) is 1.10. The molecule has 2 unspecified atom stereocenters. The lowest BCUT2D eigenvalue weighted by atomic mass is 9.88. The second-order valence-electron chi connectivity index (χ2n) is 7.50. The van der Waals surface area contributed by atoms with Crippen molar-refractivity contribution in [3.8, 4) is 0 Å². The summed E-state index contributed by atoms with van der Waals surface area (Å²) in [6, 6.07) is 1.16. The summed E-state index contributed by atoms with van der Waals surface area (Å²) in [7, 11) is 0. The molecule has 3 nitrogen and oxygen atoms in total. The highest BCUT2D eigenvalue weighted by molar-refractivity contribution is 5.78. The Bertz CT molecular complexity index is 323. The molecule has 2 aliphatic rings. The molecule has 1 N–H and O–H groups in total. The van der Waals surface area contributed by atoms with Crippen molar-refractivity contribution in [2.45, 2.75) is 84.2 Å². The predicted octanol–water partition coefficient (Wildman–Crippen LogP) is 3.58. The Morgan fingerprint density at radius 1 is 1.24 bits per heavy atom. The third-order valence-electron chi connectivity index (χ3n) is 5.24. The van der Waals surface area contributed by atoms with Crippen LogP contribution < -0.4 is 5.32 Å². The Kier molecular flexibility index (Phi) is 6.53. The molecule has 0 aromatic heterocycles. The molecule has 122 valence electrons. The van der Waals surface area contributed by atoms with E-state index in [9.17, 15) is 4.79 Å². The number of nitrogens with one attached hydrogen (secondary N) is 1. The van der Waals surface area contributed by atoms with E-state index in [0.29, 0.717) is 6.04 Å². The minimum Gasteiger partial charge on any atom is -0.352 e. The minimum atomic E-state index is 0.0981. The first kappa shape index (κ1) is 16.8. The molecule has 1 heterocycles. The summed E-state index contributed by atoms with van der Waals surface area (Å²) < 4.78 is 0. The van der Waals surface area contributed by atoms with Crippen LogP contribution in [0.25, 0.3) is 0 Å². The molecule has 0 aromatic rings. The van der Waals surface area contributed by atoms with Crippen molar-refractivity contribution in [1.29, 1.82) is 0 Å². The van der Waals surface area contributed by atoms with Crippen LogP contribution in [0.1, 0.15) is 72.1 Å². The van der Waals surface area contributed by atoms with E-state index in [-0.39, 0.29) is 11.8 Å². The fraction of sp³-hybridized carbons (Fsp3) is 0.944. The van der Waals surface area contributed by atoms with Crippen LogP contribution >= 0.6 is 0 Å². The van der Waals surface area contributed by atoms with E-state index in [4.69, 9.17) is 0 Å². The van der Waals surface area contributed by atoms with Crippen LogP contribution in [0.2, 0.25) is 0 Å². The largest absolute Gasteiger partial charge is 0.352 e. The first-order valence-corrected chi connectivity index (χ1v) is 9.14. The fourth-order valence-corrected chi connectivity index (χ4v) is 3.98. The normalized spacial score (nSPS) is 28.2. The van der Waals surface area contributed by atoms with Crippen molar-refractivity contribution in [1.82, 2.24) is 10.2 Å². The topological polar surface area (TPSA) is 32.3 Å². The summed E-state index contributed by atoms with van der Waals surface area (Å²) in [6.07, 6.45) is 10.6. The molecule has 1 saturated heterocycles. The molecule has 2 atom stereocenters. The highest BCUT2D eigenvalue weighted by atomic mass is 16.1. The van der Waals surface area contributed by atoms with Gasteiger partial charge in [0.05, 0.1) is 0 Å². The van der Waals surface area contributed by atoms with E-state index in [2.05, 4.69) is 17.1 Å². The first-order valence-electron chi connectivity index (χ1n) is 9.14. The van der Waals surface area contributed by atoms with E-state index >= 15 is 0 Å². The maximum absolute atomic E-state index is 12.0.